The average molecular weight is 414 g/mol. The molecule has 0 saturated carbocycles. The Hall–Kier alpha value is -2.81. The fourth-order valence-corrected chi connectivity index (χ4v) is 4.01. The molecule has 1 fully saturated rings. The molecule has 0 N–H and O–H groups in total. The van der Waals surface area contributed by atoms with Crippen molar-refractivity contribution in [3.05, 3.63) is 40.6 Å². The van der Waals surface area contributed by atoms with Gasteiger partial charge < -0.3 is 9.47 Å². The Morgan fingerprint density at radius 1 is 1.17 bits per heavy atom. The number of hydrogen-bond acceptors (Lipinski definition) is 7. The Kier molecular flexibility index (Phi) is 5.84. The van der Waals surface area contributed by atoms with Gasteiger partial charge in [-0.15, -0.1) is 5.10 Å². The van der Waals surface area contributed by atoms with Crippen molar-refractivity contribution in [2.24, 2.45) is 0 Å². The molecule has 29 heavy (non-hydrogen) atoms. The molecule has 1 aromatic carbocycles. The van der Waals surface area contributed by atoms with Crippen LogP contribution in [-0.2, 0) is 17.9 Å². The Labute approximate surface area is 172 Å². The molecule has 0 unspecified atom stereocenters. The number of carbonyl (C=O) groups is 2. The number of rotatable bonds is 8. The van der Waals surface area contributed by atoms with Crippen LogP contribution in [0.5, 0.6) is 11.5 Å². The molecule has 4 rings (SSSR count). The fourth-order valence-electron chi connectivity index (χ4n) is 3.17. The topological polar surface area (TPSA) is 86.5 Å². The van der Waals surface area contributed by atoms with Crippen LogP contribution in [0.1, 0.15) is 43.9 Å². The van der Waals surface area contributed by atoms with Gasteiger partial charge in [-0.2, -0.15) is 0 Å². The van der Waals surface area contributed by atoms with E-state index in [2.05, 4.69) is 17.2 Å². The van der Waals surface area contributed by atoms with Crippen LogP contribution in [0, 0.1) is 0 Å². The molecule has 2 aliphatic heterocycles. The van der Waals surface area contributed by atoms with Crippen molar-refractivity contribution in [2.75, 3.05) is 6.79 Å². The van der Waals surface area contributed by atoms with E-state index in [4.69, 9.17) is 9.47 Å². The van der Waals surface area contributed by atoms with Crippen LogP contribution in [0.25, 0.3) is 6.08 Å². The Morgan fingerprint density at radius 3 is 2.90 bits per heavy atom. The molecule has 9 heteroatoms. The molecular formula is C20H22N4O4S. The molecule has 0 radical (unpaired) electrons. The second-order valence-electron chi connectivity index (χ2n) is 6.91. The summed E-state index contributed by atoms with van der Waals surface area (Å²) < 4.78 is 12.4. The normalized spacial score (nSPS) is 17.0. The minimum Gasteiger partial charge on any atom is -0.454 e. The van der Waals surface area contributed by atoms with Crippen molar-refractivity contribution in [1.82, 2.24) is 19.9 Å². The third-order valence-corrected chi connectivity index (χ3v) is 5.62. The maximum absolute atomic E-state index is 12.7. The molecule has 0 atom stereocenters. The van der Waals surface area contributed by atoms with Crippen LogP contribution in [0.4, 0.5) is 4.79 Å². The third-order valence-electron chi connectivity index (χ3n) is 4.71. The molecular weight excluding hydrogens is 392 g/mol. The number of nitrogens with zero attached hydrogens (tertiary/aromatic N) is 4. The van der Waals surface area contributed by atoms with Crippen molar-refractivity contribution in [2.45, 2.75) is 45.7 Å². The average Bonchev–Trinajstić information content (AvgIpc) is 3.42. The number of fused-ring (bicyclic) bond motifs is 1. The zero-order valence-electron chi connectivity index (χ0n) is 16.2. The smallest absolute Gasteiger partial charge is 0.293 e. The fraction of sp³-hybridized carbons (Fsp3) is 0.400. The summed E-state index contributed by atoms with van der Waals surface area (Å²) >= 11 is 0.927. The first-order valence-corrected chi connectivity index (χ1v) is 10.5. The number of benzene rings is 1. The summed E-state index contributed by atoms with van der Waals surface area (Å²) in [5, 5.41) is 7.89. The summed E-state index contributed by atoms with van der Waals surface area (Å²) in [5.41, 5.74) is 1.38. The van der Waals surface area contributed by atoms with Gasteiger partial charge in [-0.3, -0.25) is 19.2 Å². The first-order valence-electron chi connectivity index (χ1n) is 9.68. The molecule has 0 aliphatic carbocycles. The van der Waals surface area contributed by atoms with Gasteiger partial charge >= 0.3 is 0 Å². The number of unbranched alkanes of at least 4 members (excludes halogenated alkanes) is 3. The van der Waals surface area contributed by atoms with Crippen molar-refractivity contribution >= 4 is 29.0 Å². The second-order valence-corrected chi connectivity index (χ2v) is 7.91. The SMILES string of the molecule is CCCCCCn1cc(CN2C(=O)S/C(=C\c3ccc4c(c3)OCO4)C2=O)nn1. The minimum atomic E-state index is -0.324. The first-order chi connectivity index (χ1) is 14.1. The van der Waals surface area contributed by atoms with Gasteiger partial charge in [-0.05, 0) is 42.0 Å². The Bertz CT molecular complexity index is 956. The van der Waals surface area contributed by atoms with Gasteiger partial charge in [-0.1, -0.05) is 37.5 Å². The number of amides is 2. The van der Waals surface area contributed by atoms with Crippen LogP contribution in [0.2, 0.25) is 0 Å². The van der Waals surface area contributed by atoms with E-state index < -0.39 is 0 Å². The molecule has 1 saturated heterocycles. The van der Waals surface area contributed by atoms with Crippen LogP contribution < -0.4 is 9.47 Å². The van der Waals surface area contributed by atoms with Crippen LogP contribution in [0.15, 0.2) is 29.3 Å². The molecule has 1 aromatic heterocycles. The second kappa shape index (κ2) is 8.69. The molecule has 2 amide bonds. The standard InChI is InChI=1S/C20H22N4O4S/c1-2-3-4-5-8-23-11-15(21-22-23)12-24-19(25)18(29-20(24)26)10-14-6-7-16-17(9-14)28-13-27-16/h6-7,9-11H,2-5,8,12-13H2,1H3/b18-10-. The molecule has 3 heterocycles. The predicted octanol–water partition coefficient (Wildman–Crippen LogP) is 3.82. The molecule has 0 bridgehead atoms. The monoisotopic (exact) mass is 414 g/mol. The highest BCUT2D eigenvalue weighted by Gasteiger charge is 2.35. The number of carbonyl (C=O) groups excluding carboxylic acids is 2. The summed E-state index contributed by atoms with van der Waals surface area (Å²) in [6.45, 7) is 3.27. The van der Waals surface area contributed by atoms with E-state index in [0.29, 0.717) is 22.1 Å². The van der Waals surface area contributed by atoms with Gasteiger partial charge in [0.25, 0.3) is 11.1 Å². The van der Waals surface area contributed by atoms with Crippen molar-refractivity contribution in [3.63, 3.8) is 0 Å². The summed E-state index contributed by atoms with van der Waals surface area (Å²) in [6.07, 6.45) is 8.07. The van der Waals surface area contributed by atoms with Crippen LogP contribution in [0.3, 0.4) is 0 Å². The number of aryl methyl sites for hydroxylation is 1. The van der Waals surface area contributed by atoms with Gasteiger partial charge in [-0.25, -0.2) is 0 Å². The van der Waals surface area contributed by atoms with Crippen LogP contribution >= 0.6 is 11.8 Å². The largest absolute Gasteiger partial charge is 0.454 e. The third kappa shape index (κ3) is 4.45. The Morgan fingerprint density at radius 2 is 2.03 bits per heavy atom. The highest BCUT2D eigenvalue weighted by Crippen LogP contribution is 2.36. The first kappa shape index (κ1) is 19.5. The summed E-state index contributed by atoms with van der Waals surface area (Å²) in [6, 6.07) is 5.41. The number of aromatic nitrogens is 3. The van der Waals surface area contributed by atoms with E-state index in [1.54, 1.807) is 29.1 Å². The summed E-state index contributed by atoms with van der Waals surface area (Å²) in [4.78, 5) is 26.6. The highest BCUT2D eigenvalue weighted by atomic mass is 32.2. The van der Waals surface area contributed by atoms with Crippen molar-refractivity contribution in [3.8, 4) is 11.5 Å². The number of imide groups is 1. The maximum Gasteiger partial charge on any atom is 0.293 e. The van der Waals surface area contributed by atoms with Crippen molar-refractivity contribution < 1.29 is 19.1 Å². The van der Waals surface area contributed by atoms with E-state index >= 15 is 0 Å². The van der Waals surface area contributed by atoms with Gasteiger partial charge in [0, 0.05) is 6.54 Å². The van der Waals surface area contributed by atoms with E-state index in [-0.39, 0.29) is 24.5 Å². The number of thioether (sulfide) groups is 1. The highest BCUT2D eigenvalue weighted by molar-refractivity contribution is 8.18. The lowest BCUT2D eigenvalue weighted by Crippen LogP contribution is -2.27. The van der Waals surface area contributed by atoms with Gasteiger partial charge in [0.1, 0.15) is 5.69 Å². The molecule has 152 valence electrons. The van der Waals surface area contributed by atoms with E-state index in [1.807, 2.05) is 6.07 Å². The maximum atomic E-state index is 12.7. The lowest BCUT2D eigenvalue weighted by atomic mass is 10.2. The lowest BCUT2D eigenvalue weighted by molar-refractivity contribution is -0.123. The molecule has 2 aliphatic rings. The van der Waals surface area contributed by atoms with Crippen molar-refractivity contribution in [1.29, 1.82) is 0 Å². The lowest BCUT2D eigenvalue weighted by Gasteiger charge is -2.09. The summed E-state index contributed by atoms with van der Waals surface area (Å²) in [7, 11) is 0. The van der Waals surface area contributed by atoms with Gasteiger partial charge in [0.2, 0.25) is 6.79 Å². The van der Waals surface area contributed by atoms with E-state index in [1.165, 1.54) is 17.7 Å². The van der Waals surface area contributed by atoms with Crippen LogP contribution in [-0.4, -0.2) is 37.8 Å². The van der Waals surface area contributed by atoms with Gasteiger partial charge in [0.05, 0.1) is 17.6 Å². The van der Waals surface area contributed by atoms with E-state index in [0.717, 1.165) is 36.7 Å². The number of hydrogen-bond donors (Lipinski definition) is 0. The van der Waals surface area contributed by atoms with Gasteiger partial charge in [0.15, 0.2) is 11.5 Å². The number of ether oxygens (including phenoxy) is 2. The molecule has 2 aromatic rings. The Balaban J connectivity index is 1.40. The van der Waals surface area contributed by atoms with E-state index in [9.17, 15) is 9.59 Å². The quantitative estimate of drug-likeness (QED) is 0.479. The summed E-state index contributed by atoms with van der Waals surface area (Å²) in [5.74, 6) is 0.983. The predicted molar refractivity (Wildman–Crippen MR) is 108 cm³/mol. The molecule has 8 nitrogen and oxygen atoms in total. The molecule has 0 spiro atoms. The zero-order valence-corrected chi connectivity index (χ0v) is 17.0. The minimum absolute atomic E-state index is 0.123. The zero-order chi connectivity index (χ0) is 20.2.